The fraction of sp³-hybridized carbons (Fsp3) is 0.261. The first-order valence-corrected chi connectivity index (χ1v) is 9.76. The maximum Gasteiger partial charge on any atom is 0.303 e. The number of benzene rings is 2. The molecule has 1 atom stereocenters. The number of esters is 1. The molecule has 0 aliphatic carbocycles. The van der Waals surface area contributed by atoms with Crippen LogP contribution in [0.3, 0.4) is 0 Å². The van der Waals surface area contributed by atoms with Gasteiger partial charge < -0.3 is 19.5 Å². The second kappa shape index (κ2) is 10.3. The van der Waals surface area contributed by atoms with E-state index < -0.39 is 18.0 Å². The lowest BCUT2D eigenvalue weighted by Crippen LogP contribution is -2.24. The standard InChI is InChI=1S/C23H25N3O5/c1-16(27)31-22(18-7-5-4-6-8-18)23(28)25-19-14-24-26(15-19)12-11-17-9-10-20(29-2)21(13-17)30-3/h4-10,13-15,22H,11-12H2,1-3H3,(H,25,28). The highest BCUT2D eigenvalue weighted by atomic mass is 16.5. The Bertz CT molecular complexity index is 1030. The normalized spacial score (nSPS) is 11.5. The van der Waals surface area contributed by atoms with Gasteiger partial charge in [-0.05, 0) is 24.1 Å². The lowest BCUT2D eigenvalue weighted by atomic mass is 10.1. The van der Waals surface area contributed by atoms with Gasteiger partial charge in [-0.2, -0.15) is 5.10 Å². The largest absolute Gasteiger partial charge is 0.493 e. The van der Waals surface area contributed by atoms with Crippen molar-refractivity contribution in [3.05, 3.63) is 72.1 Å². The van der Waals surface area contributed by atoms with E-state index in [0.717, 1.165) is 12.0 Å². The molecular formula is C23H25N3O5. The molecule has 8 heteroatoms. The number of aromatic nitrogens is 2. The van der Waals surface area contributed by atoms with Crippen molar-refractivity contribution in [1.29, 1.82) is 0 Å². The van der Waals surface area contributed by atoms with Crippen molar-refractivity contribution in [1.82, 2.24) is 9.78 Å². The van der Waals surface area contributed by atoms with Gasteiger partial charge in [-0.15, -0.1) is 0 Å². The van der Waals surface area contributed by atoms with Crippen LogP contribution in [0.2, 0.25) is 0 Å². The molecule has 1 aromatic heterocycles. The Morgan fingerprint density at radius 3 is 2.48 bits per heavy atom. The number of anilines is 1. The van der Waals surface area contributed by atoms with E-state index in [1.165, 1.54) is 6.92 Å². The summed E-state index contributed by atoms with van der Waals surface area (Å²) in [6.45, 7) is 1.88. The predicted octanol–water partition coefficient (Wildman–Crippen LogP) is 3.39. The van der Waals surface area contributed by atoms with Gasteiger partial charge in [0.2, 0.25) is 6.10 Å². The summed E-state index contributed by atoms with van der Waals surface area (Å²) in [4.78, 5) is 24.2. The lowest BCUT2D eigenvalue weighted by Gasteiger charge is -2.16. The van der Waals surface area contributed by atoms with Crippen molar-refractivity contribution >= 4 is 17.6 Å². The van der Waals surface area contributed by atoms with E-state index in [1.807, 2.05) is 24.3 Å². The van der Waals surface area contributed by atoms with Gasteiger partial charge in [0, 0.05) is 25.2 Å². The predicted molar refractivity (Wildman–Crippen MR) is 115 cm³/mol. The van der Waals surface area contributed by atoms with Gasteiger partial charge in [0.25, 0.3) is 5.91 Å². The van der Waals surface area contributed by atoms with Crippen LogP contribution in [-0.4, -0.2) is 35.9 Å². The lowest BCUT2D eigenvalue weighted by molar-refractivity contribution is -0.152. The van der Waals surface area contributed by atoms with E-state index in [2.05, 4.69) is 10.4 Å². The quantitative estimate of drug-likeness (QED) is 0.531. The molecule has 3 aromatic rings. The van der Waals surface area contributed by atoms with E-state index in [1.54, 1.807) is 55.6 Å². The molecule has 162 valence electrons. The Kier molecular flexibility index (Phi) is 7.26. The van der Waals surface area contributed by atoms with Gasteiger partial charge in [0.1, 0.15) is 0 Å². The van der Waals surface area contributed by atoms with E-state index in [0.29, 0.717) is 29.3 Å². The maximum atomic E-state index is 12.7. The number of hydrogen-bond donors (Lipinski definition) is 1. The minimum absolute atomic E-state index is 0.444. The third-order valence-electron chi connectivity index (χ3n) is 4.60. The number of ether oxygens (including phenoxy) is 3. The van der Waals surface area contributed by atoms with E-state index in [9.17, 15) is 9.59 Å². The zero-order valence-electron chi connectivity index (χ0n) is 17.7. The molecule has 1 heterocycles. The maximum absolute atomic E-state index is 12.7. The summed E-state index contributed by atoms with van der Waals surface area (Å²) >= 11 is 0. The Balaban J connectivity index is 1.63. The molecule has 8 nitrogen and oxygen atoms in total. The van der Waals surface area contributed by atoms with Crippen LogP contribution in [0, 0.1) is 0 Å². The fourth-order valence-corrected chi connectivity index (χ4v) is 3.10. The molecule has 0 saturated carbocycles. The van der Waals surface area contributed by atoms with Crippen LogP contribution in [0.15, 0.2) is 60.9 Å². The summed E-state index contributed by atoms with van der Waals surface area (Å²) in [6.07, 6.45) is 2.97. The summed E-state index contributed by atoms with van der Waals surface area (Å²) < 4.78 is 17.5. The van der Waals surface area contributed by atoms with Crippen LogP contribution < -0.4 is 14.8 Å². The number of hydrogen-bond acceptors (Lipinski definition) is 6. The average molecular weight is 423 g/mol. The number of carbonyl (C=O) groups excluding carboxylic acids is 2. The second-order valence-electron chi connectivity index (χ2n) is 6.82. The molecule has 0 saturated heterocycles. The van der Waals surface area contributed by atoms with Gasteiger partial charge in [-0.25, -0.2) is 0 Å². The Morgan fingerprint density at radius 2 is 1.81 bits per heavy atom. The number of aryl methyl sites for hydroxylation is 2. The molecule has 0 spiro atoms. The smallest absolute Gasteiger partial charge is 0.303 e. The van der Waals surface area contributed by atoms with Gasteiger partial charge >= 0.3 is 5.97 Å². The summed E-state index contributed by atoms with van der Waals surface area (Å²) in [6, 6.07) is 14.6. The van der Waals surface area contributed by atoms with Crippen molar-refractivity contribution in [2.24, 2.45) is 0 Å². The summed E-state index contributed by atoms with van der Waals surface area (Å²) in [5.41, 5.74) is 2.18. The van der Waals surface area contributed by atoms with E-state index in [-0.39, 0.29) is 0 Å². The molecular weight excluding hydrogens is 398 g/mol. The number of nitrogens with one attached hydrogen (secondary N) is 1. The van der Waals surface area contributed by atoms with Crippen LogP contribution in [-0.2, 0) is 27.3 Å². The first-order chi connectivity index (χ1) is 15.0. The molecule has 1 unspecified atom stereocenters. The first kappa shape index (κ1) is 21.9. The van der Waals surface area contributed by atoms with E-state index >= 15 is 0 Å². The summed E-state index contributed by atoms with van der Waals surface area (Å²) in [7, 11) is 3.20. The van der Waals surface area contributed by atoms with Crippen LogP contribution >= 0.6 is 0 Å². The SMILES string of the molecule is COc1ccc(CCn2cc(NC(=O)C(OC(C)=O)c3ccccc3)cn2)cc1OC. The number of carbonyl (C=O) groups is 2. The van der Waals surface area contributed by atoms with Crippen molar-refractivity contribution in [3.63, 3.8) is 0 Å². The number of methoxy groups -OCH3 is 2. The first-order valence-electron chi connectivity index (χ1n) is 9.76. The topological polar surface area (TPSA) is 91.7 Å². The van der Waals surface area contributed by atoms with Gasteiger partial charge in [0.15, 0.2) is 11.5 Å². The van der Waals surface area contributed by atoms with Crippen molar-refractivity contribution in [2.75, 3.05) is 19.5 Å². The molecule has 1 N–H and O–H groups in total. The highest BCUT2D eigenvalue weighted by molar-refractivity contribution is 5.95. The molecule has 31 heavy (non-hydrogen) atoms. The Labute approximate surface area is 180 Å². The highest BCUT2D eigenvalue weighted by Crippen LogP contribution is 2.28. The molecule has 0 aliphatic rings. The average Bonchev–Trinajstić information content (AvgIpc) is 3.23. The van der Waals surface area contributed by atoms with Crippen LogP contribution in [0.4, 0.5) is 5.69 Å². The van der Waals surface area contributed by atoms with Crippen molar-refractivity contribution in [3.8, 4) is 11.5 Å². The molecule has 0 bridgehead atoms. The minimum atomic E-state index is -1.03. The number of nitrogens with zero attached hydrogens (tertiary/aromatic N) is 2. The summed E-state index contributed by atoms with van der Waals surface area (Å²) in [5, 5.41) is 7.05. The molecule has 3 rings (SSSR count). The number of rotatable bonds is 9. The monoisotopic (exact) mass is 423 g/mol. The third kappa shape index (κ3) is 5.85. The minimum Gasteiger partial charge on any atom is -0.493 e. The van der Waals surface area contributed by atoms with Crippen LogP contribution in [0.25, 0.3) is 0 Å². The van der Waals surface area contributed by atoms with Crippen molar-refractivity contribution in [2.45, 2.75) is 26.0 Å². The fourth-order valence-electron chi connectivity index (χ4n) is 3.10. The molecule has 0 fully saturated rings. The zero-order chi connectivity index (χ0) is 22.2. The Morgan fingerprint density at radius 1 is 1.06 bits per heavy atom. The molecule has 0 aliphatic heterocycles. The van der Waals surface area contributed by atoms with E-state index in [4.69, 9.17) is 14.2 Å². The summed E-state index contributed by atoms with van der Waals surface area (Å²) in [5.74, 6) is 0.373. The molecule has 1 amide bonds. The van der Waals surface area contributed by atoms with Crippen molar-refractivity contribution < 1.29 is 23.8 Å². The van der Waals surface area contributed by atoms with Crippen LogP contribution in [0.5, 0.6) is 11.5 Å². The third-order valence-corrected chi connectivity index (χ3v) is 4.60. The van der Waals surface area contributed by atoms with Gasteiger partial charge in [-0.3, -0.25) is 14.3 Å². The molecule has 0 radical (unpaired) electrons. The zero-order valence-corrected chi connectivity index (χ0v) is 17.7. The highest BCUT2D eigenvalue weighted by Gasteiger charge is 2.24. The Hall–Kier alpha value is -3.81. The van der Waals surface area contributed by atoms with Gasteiger partial charge in [0.05, 0.1) is 26.1 Å². The van der Waals surface area contributed by atoms with Crippen LogP contribution in [0.1, 0.15) is 24.2 Å². The molecule has 2 aromatic carbocycles. The van der Waals surface area contributed by atoms with Gasteiger partial charge in [-0.1, -0.05) is 36.4 Å². The number of amides is 1. The second-order valence-corrected chi connectivity index (χ2v) is 6.82.